The maximum atomic E-state index is 13.7. The van der Waals surface area contributed by atoms with E-state index < -0.39 is 35.4 Å². The van der Waals surface area contributed by atoms with Gasteiger partial charge >= 0.3 is 12.3 Å². The monoisotopic (exact) mass is 443 g/mol. The third-order valence-electron chi connectivity index (χ3n) is 4.56. The summed E-state index contributed by atoms with van der Waals surface area (Å²) in [6.07, 6.45) is -5.49. The molecule has 0 N–H and O–H groups in total. The summed E-state index contributed by atoms with van der Waals surface area (Å²) >= 11 is 0. The Labute approximate surface area is 175 Å². The van der Waals surface area contributed by atoms with E-state index in [1.54, 1.807) is 0 Å². The lowest BCUT2D eigenvalue weighted by atomic mass is 10.2. The van der Waals surface area contributed by atoms with Crippen LogP contribution in [0.2, 0.25) is 0 Å². The summed E-state index contributed by atoms with van der Waals surface area (Å²) < 4.78 is 60.2. The van der Waals surface area contributed by atoms with E-state index in [9.17, 15) is 27.2 Å². The molecule has 0 aliphatic carbocycles. The van der Waals surface area contributed by atoms with E-state index in [0.29, 0.717) is 4.68 Å². The first-order chi connectivity index (χ1) is 14.6. The van der Waals surface area contributed by atoms with Crippen molar-refractivity contribution >= 4 is 12.0 Å². The fourth-order valence-corrected chi connectivity index (χ4v) is 3.04. The number of halogens is 4. The number of alkyl halides is 3. The van der Waals surface area contributed by atoms with Gasteiger partial charge in [0.2, 0.25) is 0 Å². The highest BCUT2D eigenvalue weighted by Crippen LogP contribution is 2.33. The van der Waals surface area contributed by atoms with Crippen molar-refractivity contribution in [3.63, 3.8) is 0 Å². The lowest BCUT2D eigenvalue weighted by molar-refractivity contribution is -0.143. The minimum Gasteiger partial charge on any atom is -0.449 e. The van der Waals surface area contributed by atoms with Gasteiger partial charge in [-0.1, -0.05) is 25.1 Å². The molecule has 2 aromatic rings. The van der Waals surface area contributed by atoms with Gasteiger partial charge in [0.25, 0.3) is 5.91 Å². The van der Waals surface area contributed by atoms with E-state index in [1.165, 1.54) is 21.9 Å². The summed E-state index contributed by atoms with van der Waals surface area (Å²) in [7, 11) is 0. The summed E-state index contributed by atoms with van der Waals surface area (Å²) in [5, 5.41) is 6.88. The Morgan fingerprint density at radius 2 is 1.77 bits per heavy atom. The number of aromatic nitrogens is 3. The molecule has 0 unspecified atom stereocenters. The number of rotatable bonds is 4. The van der Waals surface area contributed by atoms with Gasteiger partial charge < -0.3 is 14.5 Å². The summed E-state index contributed by atoms with van der Waals surface area (Å²) in [4.78, 5) is 27.3. The predicted octanol–water partition coefficient (Wildman–Crippen LogP) is 2.98. The first-order valence-corrected chi connectivity index (χ1v) is 9.57. The molecular weight excluding hydrogens is 422 g/mol. The Morgan fingerprint density at radius 1 is 1.13 bits per heavy atom. The van der Waals surface area contributed by atoms with Crippen LogP contribution in [0.15, 0.2) is 24.3 Å². The average molecular weight is 443 g/mol. The van der Waals surface area contributed by atoms with E-state index in [2.05, 4.69) is 10.3 Å². The van der Waals surface area contributed by atoms with E-state index in [0.717, 1.165) is 12.1 Å². The summed E-state index contributed by atoms with van der Waals surface area (Å²) in [5.41, 5.74) is -2.48. The van der Waals surface area contributed by atoms with E-state index in [1.807, 2.05) is 13.8 Å². The van der Waals surface area contributed by atoms with E-state index in [-0.39, 0.29) is 44.4 Å². The summed E-state index contributed by atoms with van der Waals surface area (Å²) in [6, 6.07) is 4.39. The molecule has 31 heavy (non-hydrogen) atoms. The van der Waals surface area contributed by atoms with Crippen molar-refractivity contribution in [2.45, 2.75) is 20.0 Å². The number of amides is 2. The largest absolute Gasteiger partial charge is 0.449 e. The van der Waals surface area contributed by atoms with E-state index in [4.69, 9.17) is 4.74 Å². The van der Waals surface area contributed by atoms with Gasteiger partial charge in [-0.2, -0.15) is 13.2 Å². The fraction of sp³-hybridized carbons (Fsp3) is 0.474. The van der Waals surface area contributed by atoms with Gasteiger partial charge in [-0.3, -0.25) is 4.79 Å². The Hall–Kier alpha value is -3.18. The SMILES string of the molecule is CC(C)COC(=O)N1CCN(C(=O)c2nnn(-c3cccc(F)c3)c2C(F)(F)F)CC1. The highest BCUT2D eigenvalue weighted by Gasteiger charge is 2.43. The van der Waals surface area contributed by atoms with Crippen LogP contribution in [0.3, 0.4) is 0 Å². The molecule has 2 amide bonds. The molecule has 0 saturated carbocycles. The molecule has 3 rings (SSSR count). The molecule has 168 valence electrons. The van der Waals surface area contributed by atoms with Crippen molar-refractivity contribution in [2.24, 2.45) is 5.92 Å². The van der Waals surface area contributed by atoms with Gasteiger partial charge in [0, 0.05) is 26.2 Å². The highest BCUT2D eigenvalue weighted by atomic mass is 19.4. The zero-order valence-electron chi connectivity index (χ0n) is 16.9. The molecule has 0 bridgehead atoms. The number of ether oxygens (including phenoxy) is 1. The first-order valence-electron chi connectivity index (χ1n) is 9.57. The Kier molecular flexibility index (Phi) is 6.46. The van der Waals surface area contributed by atoms with Crippen LogP contribution in [-0.2, 0) is 10.9 Å². The fourth-order valence-electron chi connectivity index (χ4n) is 3.04. The van der Waals surface area contributed by atoms with Crippen LogP contribution in [0, 0.1) is 11.7 Å². The molecular formula is C19H21F4N5O3. The zero-order valence-corrected chi connectivity index (χ0v) is 16.9. The van der Waals surface area contributed by atoms with Crippen LogP contribution >= 0.6 is 0 Å². The van der Waals surface area contributed by atoms with Crippen molar-refractivity contribution in [1.82, 2.24) is 24.8 Å². The molecule has 1 aliphatic heterocycles. The second kappa shape index (κ2) is 8.90. The van der Waals surface area contributed by atoms with Gasteiger partial charge in [0.05, 0.1) is 12.3 Å². The number of hydrogen-bond acceptors (Lipinski definition) is 5. The zero-order chi connectivity index (χ0) is 22.8. The maximum Gasteiger partial charge on any atom is 0.435 e. The molecule has 12 heteroatoms. The predicted molar refractivity (Wildman–Crippen MR) is 100.0 cm³/mol. The Bertz CT molecular complexity index is 952. The standard InChI is InChI=1S/C19H21F4N5O3/c1-12(2)11-31-18(30)27-8-6-26(7-9-27)17(29)15-16(19(21,22)23)28(25-24-15)14-5-3-4-13(20)10-14/h3-5,10,12H,6-9,11H2,1-2H3. The number of hydrogen-bond donors (Lipinski definition) is 0. The second-order valence-corrected chi connectivity index (χ2v) is 7.43. The second-order valence-electron chi connectivity index (χ2n) is 7.43. The molecule has 0 atom stereocenters. The highest BCUT2D eigenvalue weighted by molar-refractivity contribution is 5.93. The maximum absolute atomic E-state index is 13.7. The number of benzene rings is 1. The normalized spacial score (nSPS) is 14.8. The van der Waals surface area contributed by atoms with Gasteiger partial charge in [-0.15, -0.1) is 5.10 Å². The molecule has 1 aromatic carbocycles. The third kappa shape index (κ3) is 5.12. The van der Waals surface area contributed by atoms with Crippen LogP contribution in [0.4, 0.5) is 22.4 Å². The Balaban J connectivity index is 1.78. The topological polar surface area (TPSA) is 80.6 Å². The number of piperazine rings is 1. The van der Waals surface area contributed by atoms with Crippen LogP contribution in [-0.4, -0.2) is 69.6 Å². The van der Waals surface area contributed by atoms with Crippen molar-refractivity contribution in [3.05, 3.63) is 41.5 Å². The molecule has 0 spiro atoms. The minimum absolute atomic E-state index is 0.0136. The van der Waals surface area contributed by atoms with Crippen LogP contribution in [0.5, 0.6) is 0 Å². The molecule has 0 radical (unpaired) electrons. The molecule has 1 fully saturated rings. The quantitative estimate of drug-likeness (QED) is 0.679. The van der Waals surface area contributed by atoms with Crippen LogP contribution in [0.1, 0.15) is 30.0 Å². The summed E-state index contributed by atoms with van der Waals surface area (Å²) in [5.74, 6) is -1.56. The van der Waals surface area contributed by atoms with Crippen molar-refractivity contribution in [3.8, 4) is 5.69 Å². The smallest absolute Gasteiger partial charge is 0.435 e. The lowest BCUT2D eigenvalue weighted by Gasteiger charge is -2.34. The lowest BCUT2D eigenvalue weighted by Crippen LogP contribution is -2.51. The first kappa shape index (κ1) is 22.5. The number of carbonyl (C=O) groups excluding carboxylic acids is 2. The minimum atomic E-state index is -4.96. The van der Waals surface area contributed by atoms with Gasteiger partial charge in [0.1, 0.15) is 5.82 Å². The van der Waals surface area contributed by atoms with Crippen molar-refractivity contribution in [1.29, 1.82) is 0 Å². The number of nitrogens with zero attached hydrogens (tertiary/aromatic N) is 5. The third-order valence-corrected chi connectivity index (χ3v) is 4.56. The van der Waals surface area contributed by atoms with Gasteiger partial charge in [-0.25, -0.2) is 13.9 Å². The molecule has 1 saturated heterocycles. The Morgan fingerprint density at radius 3 is 2.35 bits per heavy atom. The van der Waals surface area contributed by atoms with Crippen molar-refractivity contribution < 1.29 is 31.9 Å². The summed E-state index contributed by atoms with van der Waals surface area (Å²) in [6.45, 7) is 4.28. The van der Waals surface area contributed by atoms with Crippen LogP contribution < -0.4 is 0 Å². The number of carbonyl (C=O) groups is 2. The van der Waals surface area contributed by atoms with Gasteiger partial charge in [0.15, 0.2) is 11.4 Å². The average Bonchev–Trinajstić information content (AvgIpc) is 3.17. The molecule has 2 heterocycles. The molecule has 1 aromatic heterocycles. The van der Waals surface area contributed by atoms with E-state index >= 15 is 0 Å². The van der Waals surface area contributed by atoms with Crippen molar-refractivity contribution in [2.75, 3.05) is 32.8 Å². The molecule has 8 nitrogen and oxygen atoms in total. The van der Waals surface area contributed by atoms with Gasteiger partial charge in [-0.05, 0) is 24.1 Å². The molecule has 1 aliphatic rings. The van der Waals surface area contributed by atoms with Crippen LogP contribution in [0.25, 0.3) is 5.69 Å².